The molecule has 1 N–H and O–H groups in total. The molecular formula is C13H13BrFNO2. The third-order valence-electron chi connectivity index (χ3n) is 2.34. The second-order valence-electron chi connectivity index (χ2n) is 5.02. The number of halogens is 2. The van der Waals surface area contributed by atoms with E-state index in [0.29, 0.717) is 20.9 Å². The van der Waals surface area contributed by atoms with Crippen molar-refractivity contribution in [2.45, 2.75) is 26.4 Å². The Balaban J connectivity index is 2.46. The molecule has 0 unspecified atom stereocenters. The summed E-state index contributed by atoms with van der Waals surface area (Å²) in [6.07, 6.45) is 1.53. The number of carbonyl (C=O) groups excluding carboxylic acids is 1. The van der Waals surface area contributed by atoms with E-state index < -0.39 is 17.4 Å². The van der Waals surface area contributed by atoms with E-state index in [2.05, 4.69) is 20.9 Å². The summed E-state index contributed by atoms with van der Waals surface area (Å²) in [7, 11) is 0. The summed E-state index contributed by atoms with van der Waals surface area (Å²) in [5.41, 5.74) is 0.449. The van der Waals surface area contributed by atoms with Gasteiger partial charge in [0.1, 0.15) is 11.4 Å². The van der Waals surface area contributed by atoms with E-state index in [1.54, 1.807) is 26.8 Å². The molecule has 96 valence electrons. The maximum Gasteiger partial charge on any atom is 0.340 e. The highest BCUT2D eigenvalue weighted by molar-refractivity contribution is 9.10. The Bertz CT molecular complexity index is 613. The Labute approximate surface area is 112 Å². The van der Waals surface area contributed by atoms with Crippen molar-refractivity contribution in [3.05, 3.63) is 34.2 Å². The number of aromatic amines is 1. The number of H-pyrrole nitrogens is 1. The molecule has 0 saturated carbocycles. The standard InChI is InChI=1S/C13H13BrFNO2/c1-13(2,3)18-12(17)8-6-16-11-5-9(14)10(15)4-7(8)11/h4-6,16H,1-3H3. The van der Waals surface area contributed by atoms with Crippen molar-refractivity contribution in [1.82, 2.24) is 4.98 Å². The molecule has 0 atom stereocenters. The average Bonchev–Trinajstić information content (AvgIpc) is 2.59. The van der Waals surface area contributed by atoms with Gasteiger partial charge < -0.3 is 9.72 Å². The van der Waals surface area contributed by atoms with E-state index in [1.165, 1.54) is 12.3 Å². The molecule has 1 aromatic carbocycles. The Morgan fingerprint density at radius 2 is 2.06 bits per heavy atom. The van der Waals surface area contributed by atoms with Gasteiger partial charge in [0.05, 0.1) is 10.0 Å². The van der Waals surface area contributed by atoms with Crippen LogP contribution in [0.1, 0.15) is 31.1 Å². The molecular weight excluding hydrogens is 301 g/mol. The summed E-state index contributed by atoms with van der Waals surface area (Å²) in [6, 6.07) is 2.91. The second-order valence-corrected chi connectivity index (χ2v) is 5.87. The molecule has 0 spiro atoms. The number of esters is 1. The van der Waals surface area contributed by atoms with Crippen LogP contribution in [0.15, 0.2) is 22.8 Å². The molecule has 3 nitrogen and oxygen atoms in total. The summed E-state index contributed by atoms with van der Waals surface area (Å²) in [6.45, 7) is 5.37. The Morgan fingerprint density at radius 3 is 2.67 bits per heavy atom. The third kappa shape index (κ3) is 2.56. The fourth-order valence-corrected chi connectivity index (χ4v) is 1.96. The minimum absolute atomic E-state index is 0.339. The van der Waals surface area contributed by atoms with E-state index in [-0.39, 0.29) is 0 Å². The van der Waals surface area contributed by atoms with Gasteiger partial charge in [-0.05, 0) is 48.8 Å². The van der Waals surface area contributed by atoms with Crippen molar-refractivity contribution in [3.8, 4) is 0 Å². The number of hydrogen-bond acceptors (Lipinski definition) is 2. The zero-order valence-corrected chi connectivity index (χ0v) is 11.9. The molecule has 0 aliphatic rings. The first-order valence-corrected chi connectivity index (χ1v) is 6.27. The van der Waals surface area contributed by atoms with Crippen molar-refractivity contribution in [1.29, 1.82) is 0 Å². The molecule has 1 heterocycles. The lowest BCUT2D eigenvalue weighted by Crippen LogP contribution is -2.23. The monoisotopic (exact) mass is 313 g/mol. The Kier molecular flexibility index (Phi) is 3.19. The number of hydrogen-bond donors (Lipinski definition) is 1. The van der Waals surface area contributed by atoms with E-state index in [4.69, 9.17) is 4.74 Å². The van der Waals surface area contributed by atoms with Gasteiger partial charge in [-0.25, -0.2) is 9.18 Å². The van der Waals surface area contributed by atoms with Crippen LogP contribution in [0.2, 0.25) is 0 Å². The van der Waals surface area contributed by atoms with Gasteiger partial charge in [0, 0.05) is 17.1 Å². The number of aromatic nitrogens is 1. The van der Waals surface area contributed by atoms with Gasteiger partial charge in [-0.3, -0.25) is 0 Å². The molecule has 0 aliphatic carbocycles. The number of rotatable bonds is 1. The topological polar surface area (TPSA) is 42.1 Å². The van der Waals surface area contributed by atoms with Crippen molar-refractivity contribution >= 4 is 32.8 Å². The number of benzene rings is 1. The van der Waals surface area contributed by atoms with Gasteiger partial charge in [0.25, 0.3) is 0 Å². The van der Waals surface area contributed by atoms with Crippen LogP contribution in [0.5, 0.6) is 0 Å². The molecule has 1 aromatic heterocycles. The Hall–Kier alpha value is -1.36. The van der Waals surface area contributed by atoms with Crippen molar-refractivity contribution in [3.63, 3.8) is 0 Å². The molecule has 0 amide bonds. The molecule has 0 bridgehead atoms. The normalized spacial score (nSPS) is 11.8. The van der Waals surface area contributed by atoms with Gasteiger partial charge in [0.2, 0.25) is 0 Å². The SMILES string of the molecule is CC(C)(C)OC(=O)c1c[nH]c2cc(Br)c(F)cc12. The number of fused-ring (bicyclic) bond motifs is 1. The molecule has 18 heavy (non-hydrogen) atoms. The number of carbonyl (C=O) groups is 1. The predicted octanol–water partition coefficient (Wildman–Crippen LogP) is 4.02. The first-order valence-electron chi connectivity index (χ1n) is 5.47. The first kappa shape index (κ1) is 13.1. The first-order chi connectivity index (χ1) is 8.28. The van der Waals surface area contributed by atoms with Crippen LogP contribution in [0.25, 0.3) is 10.9 Å². The minimum Gasteiger partial charge on any atom is -0.456 e. The minimum atomic E-state index is -0.575. The lowest BCUT2D eigenvalue weighted by atomic mass is 10.1. The van der Waals surface area contributed by atoms with Crippen molar-refractivity contribution in [2.24, 2.45) is 0 Å². The molecule has 5 heteroatoms. The van der Waals surface area contributed by atoms with Crippen LogP contribution in [-0.2, 0) is 4.74 Å². The summed E-state index contributed by atoms with van der Waals surface area (Å²) >= 11 is 3.10. The van der Waals surface area contributed by atoms with Crippen LogP contribution >= 0.6 is 15.9 Å². The average molecular weight is 314 g/mol. The molecule has 2 rings (SSSR count). The molecule has 2 aromatic rings. The lowest BCUT2D eigenvalue weighted by Gasteiger charge is -2.19. The van der Waals surface area contributed by atoms with E-state index in [1.807, 2.05) is 0 Å². The maximum absolute atomic E-state index is 13.5. The highest BCUT2D eigenvalue weighted by atomic mass is 79.9. The number of ether oxygens (including phenoxy) is 1. The quantitative estimate of drug-likeness (QED) is 0.808. The summed E-state index contributed by atoms with van der Waals surface area (Å²) in [4.78, 5) is 14.9. The molecule has 0 saturated heterocycles. The van der Waals surface area contributed by atoms with Gasteiger partial charge in [-0.15, -0.1) is 0 Å². The molecule has 0 fully saturated rings. The van der Waals surface area contributed by atoms with Crippen LogP contribution in [0.4, 0.5) is 4.39 Å². The fraction of sp³-hybridized carbons (Fsp3) is 0.308. The summed E-state index contributed by atoms with van der Waals surface area (Å²) in [5, 5.41) is 0.518. The van der Waals surface area contributed by atoms with Gasteiger partial charge in [-0.2, -0.15) is 0 Å². The summed E-state index contributed by atoms with van der Waals surface area (Å²) < 4.78 is 19.1. The van der Waals surface area contributed by atoms with E-state index in [0.717, 1.165) is 0 Å². The van der Waals surface area contributed by atoms with Crippen LogP contribution in [0.3, 0.4) is 0 Å². The molecule has 0 radical (unpaired) electrons. The fourth-order valence-electron chi connectivity index (χ4n) is 1.62. The number of nitrogens with one attached hydrogen (secondary N) is 1. The van der Waals surface area contributed by atoms with Crippen molar-refractivity contribution in [2.75, 3.05) is 0 Å². The maximum atomic E-state index is 13.5. The van der Waals surface area contributed by atoms with E-state index >= 15 is 0 Å². The van der Waals surface area contributed by atoms with Gasteiger partial charge >= 0.3 is 5.97 Å². The zero-order chi connectivity index (χ0) is 13.5. The van der Waals surface area contributed by atoms with Crippen LogP contribution < -0.4 is 0 Å². The van der Waals surface area contributed by atoms with Crippen LogP contribution in [0, 0.1) is 5.82 Å². The molecule has 0 aliphatic heterocycles. The second kappa shape index (κ2) is 4.39. The Morgan fingerprint density at radius 1 is 1.39 bits per heavy atom. The lowest BCUT2D eigenvalue weighted by molar-refractivity contribution is 0.00719. The van der Waals surface area contributed by atoms with Gasteiger partial charge in [-0.1, -0.05) is 0 Å². The largest absolute Gasteiger partial charge is 0.456 e. The van der Waals surface area contributed by atoms with Crippen molar-refractivity contribution < 1.29 is 13.9 Å². The predicted molar refractivity (Wildman–Crippen MR) is 71.1 cm³/mol. The summed E-state index contributed by atoms with van der Waals surface area (Å²) in [5.74, 6) is -0.873. The smallest absolute Gasteiger partial charge is 0.340 e. The highest BCUT2D eigenvalue weighted by Crippen LogP contribution is 2.26. The highest BCUT2D eigenvalue weighted by Gasteiger charge is 2.21. The third-order valence-corrected chi connectivity index (χ3v) is 2.95. The van der Waals surface area contributed by atoms with E-state index in [9.17, 15) is 9.18 Å². The zero-order valence-electron chi connectivity index (χ0n) is 10.3. The van der Waals surface area contributed by atoms with Crippen LogP contribution in [-0.4, -0.2) is 16.6 Å². The van der Waals surface area contributed by atoms with Gasteiger partial charge in [0.15, 0.2) is 0 Å².